The lowest BCUT2D eigenvalue weighted by Crippen LogP contribution is -1.94. The van der Waals surface area contributed by atoms with Gasteiger partial charge in [-0.2, -0.15) is 0 Å². The fourth-order valence-corrected chi connectivity index (χ4v) is 2.98. The third-order valence-electron chi connectivity index (χ3n) is 4.31. The van der Waals surface area contributed by atoms with Crippen molar-refractivity contribution in [3.8, 4) is 5.75 Å². The van der Waals surface area contributed by atoms with Gasteiger partial charge < -0.3 is 9.67 Å². The zero-order valence-corrected chi connectivity index (χ0v) is 14.4. The second-order valence-electron chi connectivity index (χ2n) is 6.15. The summed E-state index contributed by atoms with van der Waals surface area (Å²) >= 11 is 0. The van der Waals surface area contributed by atoms with Crippen molar-refractivity contribution in [3.05, 3.63) is 90.5 Å². The van der Waals surface area contributed by atoms with Crippen molar-refractivity contribution in [2.45, 2.75) is 32.2 Å². The Kier molecular flexibility index (Phi) is 6.05. The molecule has 0 aliphatic rings. The van der Waals surface area contributed by atoms with Crippen molar-refractivity contribution in [2.75, 3.05) is 0 Å². The number of phenolic OH excluding ortho intramolecular Hbond substituents is 1. The Morgan fingerprint density at radius 3 is 2.52 bits per heavy atom. The van der Waals surface area contributed by atoms with Gasteiger partial charge in [0.15, 0.2) is 0 Å². The summed E-state index contributed by atoms with van der Waals surface area (Å²) in [4.78, 5) is 4.07. The molecule has 0 aliphatic carbocycles. The second-order valence-corrected chi connectivity index (χ2v) is 6.15. The van der Waals surface area contributed by atoms with Gasteiger partial charge in [0.1, 0.15) is 5.75 Å². The first-order valence-corrected chi connectivity index (χ1v) is 8.84. The van der Waals surface area contributed by atoms with E-state index in [2.05, 4.69) is 27.8 Å². The lowest BCUT2D eigenvalue weighted by Gasteiger charge is -2.11. The number of phenols is 1. The van der Waals surface area contributed by atoms with Gasteiger partial charge in [-0.25, -0.2) is 4.98 Å². The number of aryl methyl sites for hydroxylation is 1. The molecule has 3 aromatic rings. The van der Waals surface area contributed by atoms with Crippen molar-refractivity contribution >= 4 is 5.57 Å². The Morgan fingerprint density at radius 1 is 0.960 bits per heavy atom. The first kappa shape index (κ1) is 17.0. The van der Waals surface area contributed by atoms with Gasteiger partial charge in [-0.05, 0) is 36.5 Å². The quantitative estimate of drug-likeness (QED) is 0.570. The second kappa shape index (κ2) is 8.88. The number of rotatable bonds is 8. The molecule has 3 nitrogen and oxygen atoms in total. The molecule has 25 heavy (non-hydrogen) atoms. The number of nitrogens with zero attached hydrogens (tertiary/aromatic N) is 2. The van der Waals surface area contributed by atoms with Crippen LogP contribution in [0.3, 0.4) is 0 Å². The summed E-state index contributed by atoms with van der Waals surface area (Å²) in [7, 11) is 0. The molecule has 0 unspecified atom stereocenters. The molecule has 0 radical (unpaired) electrons. The van der Waals surface area contributed by atoms with Crippen LogP contribution in [0.25, 0.3) is 5.57 Å². The van der Waals surface area contributed by atoms with Crippen LogP contribution in [0, 0.1) is 0 Å². The number of benzene rings is 2. The number of allylic oxidation sites excluding steroid dienone is 1. The van der Waals surface area contributed by atoms with E-state index in [-0.39, 0.29) is 0 Å². The summed E-state index contributed by atoms with van der Waals surface area (Å²) in [5.41, 5.74) is 3.14. The lowest BCUT2D eigenvalue weighted by molar-refractivity contribution is 0.473. The molecular formula is C22H24N2O. The standard InChI is InChI=1S/C22H24N2O/c25-22-14-8-7-13-21(22)20(19-10-4-3-5-11-19)12-6-1-2-9-16-24-17-15-23-18-24/h3-5,7-8,10-15,17-18,25H,1-2,6,9,16H2. The average Bonchev–Trinajstić information content (AvgIpc) is 3.16. The van der Waals surface area contributed by atoms with Gasteiger partial charge in [0.2, 0.25) is 0 Å². The SMILES string of the molecule is Oc1ccccc1C(=CCCCCCn1ccnc1)c1ccccc1. The molecule has 0 amide bonds. The largest absolute Gasteiger partial charge is 0.507 e. The number of aromatic nitrogens is 2. The molecule has 0 fully saturated rings. The van der Waals surface area contributed by atoms with Gasteiger partial charge in [-0.3, -0.25) is 0 Å². The maximum atomic E-state index is 10.2. The number of para-hydroxylation sites is 1. The molecule has 1 heterocycles. The van der Waals surface area contributed by atoms with Crippen LogP contribution in [0.15, 0.2) is 79.4 Å². The van der Waals surface area contributed by atoms with Crippen LogP contribution in [0.1, 0.15) is 36.8 Å². The fourth-order valence-electron chi connectivity index (χ4n) is 2.98. The van der Waals surface area contributed by atoms with E-state index >= 15 is 0 Å². The molecule has 0 spiro atoms. The van der Waals surface area contributed by atoms with Crippen LogP contribution in [0.5, 0.6) is 5.75 Å². The zero-order chi connectivity index (χ0) is 17.3. The number of unbranched alkanes of at least 4 members (excludes halogenated alkanes) is 3. The topological polar surface area (TPSA) is 38.0 Å². The first-order chi connectivity index (χ1) is 12.3. The highest BCUT2D eigenvalue weighted by atomic mass is 16.3. The summed E-state index contributed by atoms with van der Waals surface area (Å²) in [5.74, 6) is 0.331. The van der Waals surface area contributed by atoms with E-state index in [0.717, 1.165) is 42.5 Å². The smallest absolute Gasteiger partial charge is 0.123 e. The maximum absolute atomic E-state index is 10.2. The van der Waals surface area contributed by atoms with Crippen molar-refractivity contribution in [2.24, 2.45) is 0 Å². The minimum atomic E-state index is 0.331. The molecule has 0 bridgehead atoms. The van der Waals surface area contributed by atoms with E-state index in [9.17, 15) is 5.11 Å². The van der Waals surface area contributed by atoms with Crippen LogP contribution >= 0.6 is 0 Å². The van der Waals surface area contributed by atoms with E-state index in [1.165, 1.54) is 6.42 Å². The molecule has 128 valence electrons. The normalized spacial score (nSPS) is 11.6. The summed E-state index contributed by atoms with van der Waals surface area (Å²) in [6, 6.07) is 17.8. The number of imidazole rings is 1. The molecule has 1 aromatic heterocycles. The van der Waals surface area contributed by atoms with Crippen molar-refractivity contribution in [1.82, 2.24) is 9.55 Å². The predicted molar refractivity (Wildman–Crippen MR) is 102 cm³/mol. The van der Waals surface area contributed by atoms with Gasteiger partial charge >= 0.3 is 0 Å². The Labute approximate surface area is 149 Å². The Balaban J connectivity index is 1.63. The van der Waals surface area contributed by atoms with Gasteiger partial charge in [-0.1, -0.05) is 61.0 Å². The highest BCUT2D eigenvalue weighted by molar-refractivity contribution is 5.82. The van der Waals surface area contributed by atoms with E-state index in [0.29, 0.717) is 5.75 Å². The van der Waals surface area contributed by atoms with Gasteiger partial charge in [0.05, 0.1) is 6.33 Å². The minimum Gasteiger partial charge on any atom is -0.507 e. The van der Waals surface area contributed by atoms with E-state index < -0.39 is 0 Å². The summed E-state index contributed by atoms with van der Waals surface area (Å²) < 4.78 is 2.12. The molecule has 0 saturated carbocycles. The van der Waals surface area contributed by atoms with E-state index in [1.807, 2.05) is 55.1 Å². The Morgan fingerprint density at radius 2 is 1.76 bits per heavy atom. The summed E-state index contributed by atoms with van der Waals surface area (Å²) in [5, 5.41) is 10.2. The number of hydrogen-bond acceptors (Lipinski definition) is 2. The van der Waals surface area contributed by atoms with Crippen LogP contribution in [-0.4, -0.2) is 14.7 Å². The van der Waals surface area contributed by atoms with Crippen LogP contribution < -0.4 is 0 Å². The van der Waals surface area contributed by atoms with E-state index in [1.54, 1.807) is 6.07 Å². The zero-order valence-electron chi connectivity index (χ0n) is 14.4. The monoisotopic (exact) mass is 332 g/mol. The third kappa shape index (κ3) is 4.83. The molecule has 1 N–H and O–H groups in total. The molecule has 0 atom stereocenters. The molecule has 3 rings (SSSR count). The molecule has 0 saturated heterocycles. The highest BCUT2D eigenvalue weighted by Crippen LogP contribution is 2.30. The molecular weight excluding hydrogens is 308 g/mol. The van der Waals surface area contributed by atoms with Crippen LogP contribution in [0.2, 0.25) is 0 Å². The predicted octanol–water partition coefficient (Wildman–Crippen LogP) is 5.28. The summed E-state index contributed by atoms with van der Waals surface area (Å²) in [6.07, 6.45) is 12.4. The fraction of sp³-hybridized carbons (Fsp3) is 0.227. The maximum Gasteiger partial charge on any atom is 0.123 e. The van der Waals surface area contributed by atoms with Gasteiger partial charge in [-0.15, -0.1) is 0 Å². The van der Waals surface area contributed by atoms with E-state index in [4.69, 9.17) is 0 Å². The number of hydrogen-bond donors (Lipinski definition) is 1. The minimum absolute atomic E-state index is 0.331. The summed E-state index contributed by atoms with van der Waals surface area (Å²) in [6.45, 7) is 1.02. The first-order valence-electron chi connectivity index (χ1n) is 8.84. The number of aromatic hydroxyl groups is 1. The molecule has 3 heteroatoms. The van der Waals surface area contributed by atoms with Gasteiger partial charge in [0, 0.05) is 24.5 Å². The molecule has 2 aromatic carbocycles. The third-order valence-corrected chi connectivity index (χ3v) is 4.31. The van der Waals surface area contributed by atoms with Crippen molar-refractivity contribution < 1.29 is 5.11 Å². The highest BCUT2D eigenvalue weighted by Gasteiger charge is 2.08. The average molecular weight is 332 g/mol. The van der Waals surface area contributed by atoms with Crippen molar-refractivity contribution in [3.63, 3.8) is 0 Å². The Bertz CT molecular complexity index is 792. The van der Waals surface area contributed by atoms with Crippen molar-refractivity contribution in [1.29, 1.82) is 0 Å². The lowest BCUT2D eigenvalue weighted by atomic mass is 9.95. The molecule has 0 aliphatic heterocycles. The van der Waals surface area contributed by atoms with Crippen LogP contribution in [-0.2, 0) is 6.54 Å². The van der Waals surface area contributed by atoms with Gasteiger partial charge in [0.25, 0.3) is 0 Å². The van der Waals surface area contributed by atoms with Crippen LogP contribution in [0.4, 0.5) is 0 Å². The Hall–Kier alpha value is -2.81.